The van der Waals surface area contributed by atoms with Crippen molar-refractivity contribution < 1.29 is 14.1 Å². The largest absolute Gasteiger partial charge is 0.362 e. The molecule has 0 spiro atoms. The normalized spacial score (nSPS) is 13.7. The second kappa shape index (κ2) is 11.3. The molecule has 3 aromatic rings. The van der Waals surface area contributed by atoms with Crippen LogP contribution in [0.2, 0.25) is 0 Å². The highest BCUT2D eigenvalue weighted by atomic mass is 19.1. The number of carbonyl (C=O) groups is 1. The van der Waals surface area contributed by atoms with Gasteiger partial charge in [-0.15, -0.1) is 0 Å². The van der Waals surface area contributed by atoms with E-state index in [2.05, 4.69) is 0 Å². The minimum atomic E-state index is -0.618. The Hall–Kier alpha value is -3.79. The molecular formula is C26H32FN5O4. The molecule has 1 amide bonds. The van der Waals surface area contributed by atoms with Crippen molar-refractivity contribution in [2.75, 3.05) is 51.7 Å². The number of hydrogen-bond donors (Lipinski definition) is 0. The van der Waals surface area contributed by atoms with Crippen molar-refractivity contribution in [1.29, 1.82) is 0 Å². The lowest BCUT2D eigenvalue weighted by atomic mass is 10.1. The van der Waals surface area contributed by atoms with Crippen molar-refractivity contribution >= 4 is 28.2 Å². The maximum atomic E-state index is 13.3. The number of aryl methyl sites for hydroxylation is 1. The number of fused-ring (bicyclic) bond motifs is 1. The van der Waals surface area contributed by atoms with Gasteiger partial charge in [0, 0.05) is 43.7 Å². The van der Waals surface area contributed by atoms with Crippen LogP contribution in [-0.2, 0) is 6.54 Å². The van der Waals surface area contributed by atoms with Crippen molar-refractivity contribution in [3.05, 3.63) is 80.4 Å². The number of amides is 1. The summed E-state index contributed by atoms with van der Waals surface area (Å²) in [6.07, 6.45) is 0.678. The Morgan fingerprint density at radius 1 is 1.06 bits per heavy atom. The molecule has 1 fully saturated rings. The topological polar surface area (TPSA) is 91.9 Å². The van der Waals surface area contributed by atoms with Gasteiger partial charge in [-0.2, -0.15) is 0 Å². The molecule has 1 aliphatic heterocycles. The summed E-state index contributed by atoms with van der Waals surface area (Å²) in [5.41, 5.74) is 0.283. The zero-order valence-corrected chi connectivity index (χ0v) is 19.8. The first kappa shape index (κ1) is 26.8. The van der Waals surface area contributed by atoms with E-state index in [1.807, 2.05) is 36.0 Å². The number of hydrogen-bond acceptors (Lipinski definition) is 6. The van der Waals surface area contributed by atoms with Crippen LogP contribution >= 0.6 is 0 Å². The molecule has 2 heterocycles. The van der Waals surface area contributed by atoms with Gasteiger partial charge in [-0.1, -0.05) is 25.6 Å². The highest BCUT2D eigenvalue weighted by Gasteiger charge is 2.32. The molecule has 9 nitrogen and oxygen atoms in total. The van der Waals surface area contributed by atoms with Gasteiger partial charge in [0.05, 0.1) is 10.4 Å². The predicted octanol–water partition coefficient (Wildman–Crippen LogP) is 3.60. The van der Waals surface area contributed by atoms with Crippen molar-refractivity contribution in [2.24, 2.45) is 0 Å². The fourth-order valence-electron chi connectivity index (χ4n) is 4.54. The zero-order chi connectivity index (χ0) is 25.1. The van der Waals surface area contributed by atoms with Gasteiger partial charge in [-0.05, 0) is 57.4 Å². The van der Waals surface area contributed by atoms with Crippen LogP contribution in [0.4, 0.5) is 15.8 Å². The van der Waals surface area contributed by atoms with Gasteiger partial charge in [-0.3, -0.25) is 19.7 Å². The first-order valence-corrected chi connectivity index (χ1v) is 11.5. The lowest BCUT2D eigenvalue weighted by Crippen LogP contribution is -2.49. The van der Waals surface area contributed by atoms with Gasteiger partial charge in [0.25, 0.3) is 5.91 Å². The molecule has 0 unspecified atom stereocenters. The van der Waals surface area contributed by atoms with Crippen LogP contribution in [0.3, 0.4) is 0 Å². The summed E-state index contributed by atoms with van der Waals surface area (Å²) in [5.74, 6) is -0.637. The molecule has 0 bridgehead atoms. The lowest BCUT2D eigenvalue weighted by molar-refractivity contribution is -0.385. The summed E-state index contributed by atoms with van der Waals surface area (Å²) in [6.45, 7) is 2.45. The molecule has 0 aliphatic carbocycles. The average molecular weight is 498 g/mol. The summed E-state index contributed by atoms with van der Waals surface area (Å²) in [7, 11) is 3.87. The van der Waals surface area contributed by atoms with E-state index in [1.54, 1.807) is 17.0 Å². The predicted molar refractivity (Wildman–Crippen MR) is 139 cm³/mol. The monoisotopic (exact) mass is 497 g/mol. The standard InChI is InChI=1S/C25H28FN5O4.CH4/c1-27(2)12-5-13-30-21-7-4-3-6-20(21)22(23(25(30)33)31(34)35)28-14-16-29(17-15-28)24(32)18-8-10-19(26)11-9-18;/h3-4,6-11H,5,12-17H2,1-2H3;1H4. The molecule has 4 rings (SSSR count). The first-order chi connectivity index (χ1) is 16.8. The van der Waals surface area contributed by atoms with E-state index in [4.69, 9.17) is 0 Å². The number of para-hydroxylation sites is 1. The highest BCUT2D eigenvalue weighted by molar-refractivity contribution is 5.97. The van der Waals surface area contributed by atoms with Gasteiger partial charge < -0.3 is 19.3 Å². The van der Waals surface area contributed by atoms with Gasteiger partial charge in [0.15, 0.2) is 0 Å². The molecule has 2 aromatic carbocycles. The molecule has 36 heavy (non-hydrogen) atoms. The summed E-state index contributed by atoms with van der Waals surface area (Å²) < 4.78 is 14.7. The van der Waals surface area contributed by atoms with E-state index in [1.165, 1.54) is 28.8 Å². The Morgan fingerprint density at radius 3 is 2.31 bits per heavy atom. The van der Waals surface area contributed by atoms with E-state index in [-0.39, 0.29) is 13.3 Å². The third kappa shape index (κ3) is 5.38. The Labute approximate surface area is 209 Å². The summed E-state index contributed by atoms with van der Waals surface area (Å²) in [5, 5.41) is 12.8. The Kier molecular flexibility index (Phi) is 8.41. The minimum absolute atomic E-state index is 0. The zero-order valence-electron chi connectivity index (χ0n) is 19.8. The molecule has 1 aliphatic rings. The lowest BCUT2D eigenvalue weighted by Gasteiger charge is -2.36. The average Bonchev–Trinajstić information content (AvgIpc) is 2.84. The smallest absolute Gasteiger partial charge is 0.357 e. The Balaban J connectivity index is 0.00000361. The fourth-order valence-corrected chi connectivity index (χ4v) is 4.54. The number of piperazine rings is 1. The third-order valence-electron chi connectivity index (χ3n) is 6.27. The van der Waals surface area contributed by atoms with Crippen LogP contribution in [-0.4, -0.2) is 72.0 Å². The number of nitro groups is 1. The van der Waals surface area contributed by atoms with Gasteiger partial charge in [0.2, 0.25) is 0 Å². The van der Waals surface area contributed by atoms with Crippen LogP contribution in [0, 0.1) is 15.9 Å². The van der Waals surface area contributed by atoms with Crippen LogP contribution < -0.4 is 10.5 Å². The quantitative estimate of drug-likeness (QED) is 0.366. The molecule has 10 heteroatoms. The number of aromatic nitrogens is 1. The molecule has 192 valence electrons. The number of carbonyl (C=O) groups excluding carboxylic acids is 1. The number of pyridine rings is 1. The maximum absolute atomic E-state index is 13.3. The maximum Gasteiger partial charge on any atom is 0.357 e. The number of rotatable bonds is 7. The number of nitrogens with zero attached hydrogens (tertiary/aromatic N) is 5. The summed E-state index contributed by atoms with van der Waals surface area (Å²) in [6, 6.07) is 12.6. The van der Waals surface area contributed by atoms with Crippen LogP contribution in [0.15, 0.2) is 53.3 Å². The van der Waals surface area contributed by atoms with E-state index >= 15 is 0 Å². The second-order valence-corrected chi connectivity index (χ2v) is 8.87. The number of benzene rings is 2. The summed E-state index contributed by atoms with van der Waals surface area (Å²) in [4.78, 5) is 43.1. The molecule has 0 saturated carbocycles. The van der Waals surface area contributed by atoms with E-state index in [0.717, 1.165) is 6.54 Å². The molecule has 0 atom stereocenters. The van der Waals surface area contributed by atoms with E-state index in [9.17, 15) is 24.1 Å². The van der Waals surface area contributed by atoms with E-state index in [0.29, 0.717) is 61.3 Å². The van der Waals surface area contributed by atoms with Crippen LogP contribution in [0.1, 0.15) is 24.2 Å². The molecule has 0 N–H and O–H groups in total. The first-order valence-electron chi connectivity index (χ1n) is 11.5. The van der Waals surface area contributed by atoms with E-state index < -0.39 is 22.0 Å². The minimum Gasteiger partial charge on any atom is -0.362 e. The number of anilines is 1. The van der Waals surface area contributed by atoms with Gasteiger partial charge in [0.1, 0.15) is 11.5 Å². The second-order valence-electron chi connectivity index (χ2n) is 8.87. The molecule has 1 aromatic heterocycles. The SMILES string of the molecule is C.CN(C)CCCn1c(=O)c([N+](=O)[O-])c(N2CCN(C(=O)c3ccc(F)cc3)CC2)c2ccccc21. The van der Waals surface area contributed by atoms with Crippen molar-refractivity contribution in [2.45, 2.75) is 20.4 Å². The van der Waals surface area contributed by atoms with Crippen LogP contribution in [0.25, 0.3) is 10.9 Å². The molecular weight excluding hydrogens is 465 g/mol. The Bertz CT molecular complexity index is 1300. The van der Waals surface area contributed by atoms with Gasteiger partial charge in [-0.25, -0.2) is 4.39 Å². The van der Waals surface area contributed by atoms with Crippen molar-refractivity contribution in [1.82, 2.24) is 14.4 Å². The molecule has 1 saturated heterocycles. The van der Waals surface area contributed by atoms with Crippen molar-refractivity contribution in [3.8, 4) is 0 Å². The van der Waals surface area contributed by atoms with Crippen molar-refractivity contribution in [3.63, 3.8) is 0 Å². The highest BCUT2D eigenvalue weighted by Crippen LogP contribution is 2.34. The fraction of sp³-hybridized carbons (Fsp3) is 0.385. The molecule has 0 radical (unpaired) electrons. The van der Waals surface area contributed by atoms with Crippen LogP contribution in [0.5, 0.6) is 0 Å². The third-order valence-corrected chi connectivity index (χ3v) is 6.27. The Morgan fingerprint density at radius 2 is 1.69 bits per heavy atom. The summed E-state index contributed by atoms with van der Waals surface area (Å²) >= 11 is 0. The number of halogens is 1. The van der Waals surface area contributed by atoms with Gasteiger partial charge >= 0.3 is 11.2 Å².